The highest BCUT2D eigenvalue weighted by Gasteiger charge is 2.35. The summed E-state index contributed by atoms with van der Waals surface area (Å²) in [6.45, 7) is 4.51. The number of nitrogens with one attached hydrogen (secondary N) is 2. The summed E-state index contributed by atoms with van der Waals surface area (Å²) in [5.74, 6) is 1.63. The number of carbonyl (C=O) groups excluding carboxylic acids is 1. The molecule has 2 atom stereocenters. The summed E-state index contributed by atoms with van der Waals surface area (Å²) < 4.78 is 6.91. The van der Waals surface area contributed by atoms with Crippen molar-refractivity contribution in [2.75, 3.05) is 38.2 Å². The smallest absolute Gasteiger partial charge is 0.271 e. The van der Waals surface area contributed by atoms with Gasteiger partial charge in [0.15, 0.2) is 0 Å². The van der Waals surface area contributed by atoms with Crippen LogP contribution in [-0.2, 0) is 4.79 Å². The molecule has 35 heavy (non-hydrogen) atoms. The fraction of sp³-hybridized carbons (Fsp3) is 0.346. The maximum Gasteiger partial charge on any atom is 0.271 e. The number of hydrogen-bond acceptors (Lipinski definition) is 7. The molecule has 2 unspecified atom stereocenters. The first-order chi connectivity index (χ1) is 17.0. The number of aryl methyl sites for hydroxylation is 1. The molecule has 2 aliphatic heterocycles. The summed E-state index contributed by atoms with van der Waals surface area (Å²) in [5.41, 5.74) is 9.15. The monoisotopic (exact) mass is 474 g/mol. The largest absolute Gasteiger partial charge is 0.496 e. The van der Waals surface area contributed by atoms with Crippen LogP contribution in [-0.4, -0.2) is 59.9 Å². The van der Waals surface area contributed by atoms with Crippen LogP contribution in [0.5, 0.6) is 5.75 Å². The van der Waals surface area contributed by atoms with E-state index in [1.165, 1.54) is 4.68 Å². The normalized spacial score (nSPS) is 20.2. The van der Waals surface area contributed by atoms with Crippen LogP contribution in [0.15, 0.2) is 65.5 Å². The summed E-state index contributed by atoms with van der Waals surface area (Å²) in [7, 11) is 1.66. The first kappa shape index (κ1) is 23.1. The van der Waals surface area contributed by atoms with Crippen molar-refractivity contribution in [2.45, 2.75) is 25.4 Å². The second-order valence-electron chi connectivity index (χ2n) is 8.96. The zero-order valence-electron chi connectivity index (χ0n) is 20.0. The maximum atomic E-state index is 13.2. The van der Waals surface area contributed by atoms with Crippen molar-refractivity contribution in [3.8, 4) is 11.4 Å². The third kappa shape index (κ3) is 4.78. The predicted molar refractivity (Wildman–Crippen MR) is 134 cm³/mol. The van der Waals surface area contributed by atoms with Crippen LogP contribution in [0.4, 0.5) is 5.82 Å². The van der Waals surface area contributed by atoms with Crippen LogP contribution in [0.2, 0.25) is 0 Å². The summed E-state index contributed by atoms with van der Waals surface area (Å²) in [6, 6.07) is 18.6. The molecule has 0 spiro atoms. The number of rotatable bonds is 5. The highest BCUT2D eigenvalue weighted by Crippen LogP contribution is 2.30. The van der Waals surface area contributed by atoms with Crippen LogP contribution >= 0.6 is 0 Å². The van der Waals surface area contributed by atoms with Crippen molar-refractivity contribution >= 4 is 11.7 Å². The average molecular weight is 475 g/mol. The standard InChI is InChI=1S/C26H30N6O3/c1-18-7-9-19(10-8-18)32-25(33)12-11-24(29-32)30-13-15-31(16-14-30)26(34)22-17-21(27-28-22)20-5-3-4-6-23(20)35-2/h3-12,21-22,27-28H,13-17H2,1-2H3. The molecule has 2 N–H and O–H groups in total. The molecular formula is C26H30N6O3. The van der Waals surface area contributed by atoms with E-state index in [9.17, 15) is 9.59 Å². The molecule has 2 saturated heterocycles. The number of amides is 1. The molecule has 5 rings (SSSR count). The number of nitrogens with zero attached hydrogens (tertiary/aromatic N) is 4. The molecular weight excluding hydrogens is 444 g/mol. The number of hydrazine groups is 1. The van der Waals surface area contributed by atoms with Gasteiger partial charge in [-0.1, -0.05) is 35.9 Å². The van der Waals surface area contributed by atoms with Gasteiger partial charge in [0.05, 0.1) is 18.8 Å². The Morgan fingerprint density at radius 2 is 1.71 bits per heavy atom. The Bertz CT molecular complexity index is 1250. The van der Waals surface area contributed by atoms with E-state index in [1.54, 1.807) is 19.2 Å². The second-order valence-corrected chi connectivity index (χ2v) is 8.96. The summed E-state index contributed by atoms with van der Waals surface area (Å²) in [4.78, 5) is 29.6. The maximum absolute atomic E-state index is 13.2. The molecule has 0 radical (unpaired) electrons. The number of benzene rings is 2. The third-order valence-corrected chi connectivity index (χ3v) is 6.70. The van der Waals surface area contributed by atoms with E-state index in [-0.39, 0.29) is 23.6 Å². The molecule has 0 saturated carbocycles. The van der Waals surface area contributed by atoms with Crippen molar-refractivity contribution < 1.29 is 9.53 Å². The lowest BCUT2D eigenvalue weighted by atomic mass is 10.0. The van der Waals surface area contributed by atoms with Crippen molar-refractivity contribution in [3.05, 3.63) is 82.1 Å². The lowest BCUT2D eigenvalue weighted by molar-refractivity contribution is -0.133. The minimum absolute atomic E-state index is 0.00779. The summed E-state index contributed by atoms with van der Waals surface area (Å²) in [6.07, 6.45) is 0.655. The molecule has 1 aromatic heterocycles. The average Bonchev–Trinajstić information content (AvgIpc) is 3.39. The Kier molecular flexibility index (Phi) is 6.52. The van der Waals surface area contributed by atoms with Gasteiger partial charge in [-0.05, 0) is 37.6 Å². The lowest BCUT2D eigenvalue weighted by Gasteiger charge is -2.36. The molecule has 0 bridgehead atoms. The SMILES string of the molecule is COc1ccccc1C1CC(C(=O)N2CCN(c3ccc(=O)n(-c4ccc(C)cc4)n3)CC2)NN1. The van der Waals surface area contributed by atoms with Gasteiger partial charge in [-0.15, -0.1) is 5.10 Å². The van der Waals surface area contributed by atoms with Gasteiger partial charge in [-0.3, -0.25) is 9.59 Å². The number of anilines is 1. The quantitative estimate of drug-likeness (QED) is 0.583. The molecule has 2 aromatic carbocycles. The number of aromatic nitrogens is 2. The molecule has 3 aromatic rings. The van der Waals surface area contributed by atoms with E-state index in [2.05, 4.69) is 20.9 Å². The summed E-state index contributed by atoms with van der Waals surface area (Å²) >= 11 is 0. The van der Waals surface area contributed by atoms with Gasteiger partial charge in [-0.2, -0.15) is 4.68 Å². The first-order valence-corrected chi connectivity index (χ1v) is 11.9. The predicted octanol–water partition coefficient (Wildman–Crippen LogP) is 1.81. The fourth-order valence-corrected chi connectivity index (χ4v) is 4.69. The third-order valence-electron chi connectivity index (χ3n) is 6.70. The Hall–Kier alpha value is -3.69. The van der Waals surface area contributed by atoms with Crippen molar-refractivity contribution in [3.63, 3.8) is 0 Å². The molecule has 3 heterocycles. The minimum atomic E-state index is -0.293. The van der Waals surface area contributed by atoms with E-state index < -0.39 is 0 Å². The minimum Gasteiger partial charge on any atom is -0.496 e. The topological polar surface area (TPSA) is 91.7 Å². The molecule has 182 valence electrons. The molecule has 0 aliphatic carbocycles. The lowest BCUT2D eigenvalue weighted by Crippen LogP contribution is -2.54. The summed E-state index contributed by atoms with van der Waals surface area (Å²) in [5, 5.41) is 4.60. The Morgan fingerprint density at radius 3 is 2.46 bits per heavy atom. The molecule has 9 nitrogen and oxygen atoms in total. The highest BCUT2D eigenvalue weighted by molar-refractivity contribution is 5.82. The Balaban J connectivity index is 1.22. The Morgan fingerprint density at radius 1 is 0.971 bits per heavy atom. The van der Waals surface area contributed by atoms with Gasteiger partial charge in [0.1, 0.15) is 17.6 Å². The zero-order chi connectivity index (χ0) is 24.4. The van der Waals surface area contributed by atoms with Gasteiger partial charge in [0.25, 0.3) is 5.56 Å². The van der Waals surface area contributed by atoms with Crippen molar-refractivity contribution in [1.82, 2.24) is 25.5 Å². The number of para-hydroxylation sites is 1. The van der Waals surface area contributed by atoms with Crippen LogP contribution in [0.1, 0.15) is 23.6 Å². The van der Waals surface area contributed by atoms with Crippen LogP contribution in [0, 0.1) is 6.92 Å². The van der Waals surface area contributed by atoms with E-state index in [0.29, 0.717) is 32.6 Å². The number of methoxy groups -OCH3 is 1. The first-order valence-electron chi connectivity index (χ1n) is 11.9. The molecule has 9 heteroatoms. The van der Waals surface area contributed by atoms with E-state index in [0.717, 1.165) is 28.4 Å². The van der Waals surface area contributed by atoms with Crippen LogP contribution in [0.25, 0.3) is 5.69 Å². The van der Waals surface area contributed by atoms with Crippen LogP contribution in [0.3, 0.4) is 0 Å². The van der Waals surface area contributed by atoms with E-state index in [1.807, 2.05) is 60.4 Å². The van der Waals surface area contributed by atoms with Crippen molar-refractivity contribution in [1.29, 1.82) is 0 Å². The number of ether oxygens (including phenoxy) is 1. The fourth-order valence-electron chi connectivity index (χ4n) is 4.69. The van der Waals surface area contributed by atoms with E-state index in [4.69, 9.17) is 4.74 Å². The van der Waals surface area contributed by atoms with Crippen LogP contribution < -0.4 is 26.0 Å². The van der Waals surface area contributed by atoms with Gasteiger partial charge >= 0.3 is 0 Å². The number of carbonyl (C=O) groups is 1. The molecule has 2 fully saturated rings. The molecule has 1 amide bonds. The second kappa shape index (κ2) is 9.89. The highest BCUT2D eigenvalue weighted by atomic mass is 16.5. The van der Waals surface area contributed by atoms with Gasteiger partial charge < -0.3 is 14.5 Å². The Labute approximate surface area is 204 Å². The van der Waals surface area contributed by atoms with Gasteiger partial charge in [0, 0.05) is 37.8 Å². The molecule has 2 aliphatic rings. The zero-order valence-corrected chi connectivity index (χ0v) is 20.0. The number of hydrogen-bond donors (Lipinski definition) is 2. The van der Waals surface area contributed by atoms with Crippen molar-refractivity contribution in [2.24, 2.45) is 0 Å². The number of piperazine rings is 1. The van der Waals surface area contributed by atoms with Gasteiger partial charge in [-0.25, -0.2) is 10.9 Å². The van der Waals surface area contributed by atoms with E-state index >= 15 is 0 Å². The van der Waals surface area contributed by atoms with Gasteiger partial charge in [0.2, 0.25) is 5.91 Å².